The maximum atomic E-state index is 8.67. The number of para-hydroxylation sites is 2. The highest BCUT2D eigenvalue weighted by molar-refractivity contribution is 7.99. The Bertz CT molecular complexity index is 482. The van der Waals surface area contributed by atoms with Crippen molar-refractivity contribution >= 4 is 22.9 Å². The van der Waals surface area contributed by atoms with E-state index in [-0.39, 0.29) is 5.25 Å². The molecule has 0 fully saturated rings. The molecule has 0 N–H and O–H groups in total. The van der Waals surface area contributed by atoms with E-state index in [1.54, 1.807) is 0 Å². The van der Waals surface area contributed by atoms with Crippen LogP contribution in [-0.2, 0) is 0 Å². The molecule has 1 atom stereocenters. The zero-order valence-electron chi connectivity index (χ0n) is 9.01. The highest BCUT2D eigenvalue weighted by Crippen LogP contribution is 2.29. The van der Waals surface area contributed by atoms with Crippen LogP contribution < -0.4 is 0 Å². The molecular weight excluding hydrogens is 220 g/mol. The summed E-state index contributed by atoms with van der Waals surface area (Å²) in [6.45, 7) is 2.07. The fourth-order valence-corrected chi connectivity index (χ4v) is 2.31. The molecule has 0 amide bonds. The van der Waals surface area contributed by atoms with Crippen LogP contribution in [-0.4, -0.2) is 10.2 Å². The second-order valence-corrected chi connectivity index (χ2v) is 4.71. The highest BCUT2D eigenvalue weighted by Gasteiger charge is 2.12. The molecule has 1 heterocycles. The second-order valence-electron chi connectivity index (χ2n) is 3.46. The Morgan fingerprint density at radius 1 is 1.50 bits per heavy atom. The van der Waals surface area contributed by atoms with Crippen LogP contribution in [0.25, 0.3) is 11.1 Å². The van der Waals surface area contributed by atoms with Gasteiger partial charge in [-0.15, -0.1) is 0 Å². The van der Waals surface area contributed by atoms with E-state index in [0.717, 1.165) is 17.5 Å². The summed E-state index contributed by atoms with van der Waals surface area (Å²) >= 11 is 1.54. The Morgan fingerprint density at radius 3 is 3.00 bits per heavy atom. The van der Waals surface area contributed by atoms with E-state index in [0.29, 0.717) is 11.6 Å². The molecule has 1 aromatic carbocycles. The molecule has 2 rings (SSSR count). The van der Waals surface area contributed by atoms with Gasteiger partial charge >= 0.3 is 0 Å². The van der Waals surface area contributed by atoms with Gasteiger partial charge in [-0.25, -0.2) is 4.98 Å². The normalized spacial score (nSPS) is 12.5. The van der Waals surface area contributed by atoms with E-state index in [2.05, 4.69) is 18.0 Å². The summed E-state index contributed by atoms with van der Waals surface area (Å²) in [5.41, 5.74) is 1.67. The van der Waals surface area contributed by atoms with E-state index < -0.39 is 0 Å². The number of oxazole rings is 1. The molecule has 0 bridgehead atoms. The topological polar surface area (TPSA) is 49.8 Å². The molecule has 2 aromatic rings. The molecule has 3 nitrogen and oxygen atoms in total. The van der Waals surface area contributed by atoms with Crippen LogP contribution >= 0.6 is 11.8 Å². The van der Waals surface area contributed by atoms with Gasteiger partial charge in [-0.05, 0) is 18.6 Å². The molecule has 0 saturated heterocycles. The zero-order valence-corrected chi connectivity index (χ0v) is 9.83. The van der Waals surface area contributed by atoms with Gasteiger partial charge in [0.1, 0.15) is 5.52 Å². The summed E-state index contributed by atoms with van der Waals surface area (Å²) in [7, 11) is 0. The number of hydrogen-bond donors (Lipinski definition) is 0. The molecule has 16 heavy (non-hydrogen) atoms. The van der Waals surface area contributed by atoms with Gasteiger partial charge in [0.15, 0.2) is 5.58 Å². The number of nitriles is 1. The number of fused-ring (bicyclic) bond motifs is 1. The van der Waals surface area contributed by atoms with Crippen molar-refractivity contribution in [2.24, 2.45) is 0 Å². The highest BCUT2D eigenvalue weighted by atomic mass is 32.2. The van der Waals surface area contributed by atoms with Crippen molar-refractivity contribution in [3.63, 3.8) is 0 Å². The van der Waals surface area contributed by atoms with Crippen molar-refractivity contribution in [3.8, 4) is 6.07 Å². The summed E-state index contributed by atoms with van der Waals surface area (Å²) in [5, 5.41) is 9.59. The van der Waals surface area contributed by atoms with E-state index in [9.17, 15) is 0 Å². The van der Waals surface area contributed by atoms with Gasteiger partial charge in [-0.1, -0.05) is 30.8 Å². The summed E-state index contributed by atoms with van der Waals surface area (Å²) in [4.78, 5) is 4.37. The summed E-state index contributed by atoms with van der Waals surface area (Å²) in [5.74, 6) is 0. The molecule has 0 aliphatic heterocycles. The van der Waals surface area contributed by atoms with Crippen LogP contribution in [0.5, 0.6) is 0 Å². The lowest BCUT2D eigenvalue weighted by atomic mass is 10.3. The number of hydrogen-bond acceptors (Lipinski definition) is 4. The van der Waals surface area contributed by atoms with Gasteiger partial charge in [0.2, 0.25) is 0 Å². The lowest BCUT2D eigenvalue weighted by molar-refractivity contribution is 0.487. The van der Waals surface area contributed by atoms with Crippen molar-refractivity contribution in [3.05, 3.63) is 24.3 Å². The predicted octanol–water partition coefficient (Wildman–Crippen LogP) is 3.61. The van der Waals surface area contributed by atoms with Crippen LogP contribution in [0.2, 0.25) is 0 Å². The Kier molecular flexibility index (Phi) is 3.47. The van der Waals surface area contributed by atoms with Gasteiger partial charge in [0, 0.05) is 11.7 Å². The van der Waals surface area contributed by atoms with E-state index in [1.165, 1.54) is 11.8 Å². The number of rotatable bonds is 4. The molecule has 4 heteroatoms. The lowest BCUT2D eigenvalue weighted by Gasteiger charge is -2.05. The quantitative estimate of drug-likeness (QED) is 0.755. The van der Waals surface area contributed by atoms with Gasteiger partial charge in [0.25, 0.3) is 5.22 Å². The average molecular weight is 232 g/mol. The van der Waals surface area contributed by atoms with Gasteiger partial charge < -0.3 is 4.42 Å². The lowest BCUT2D eigenvalue weighted by Crippen LogP contribution is -1.98. The molecule has 1 unspecified atom stereocenters. The Morgan fingerprint density at radius 2 is 2.31 bits per heavy atom. The molecule has 0 aliphatic carbocycles. The number of aromatic nitrogens is 1. The minimum absolute atomic E-state index is 0.262. The summed E-state index contributed by atoms with van der Waals surface area (Å²) in [6, 6.07) is 9.87. The van der Waals surface area contributed by atoms with E-state index >= 15 is 0 Å². The number of benzene rings is 1. The first kappa shape index (κ1) is 11.0. The molecule has 1 aromatic heterocycles. The fraction of sp³-hybridized carbons (Fsp3) is 0.333. The maximum Gasteiger partial charge on any atom is 0.257 e. The molecule has 0 saturated carbocycles. The first-order valence-corrected chi connectivity index (χ1v) is 6.10. The molecule has 0 spiro atoms. The van der Waals surface area contributed by atoms with Crippen molar-refractivity contribution in [2.45, 2.75) is 30.2 Å². The van der Waals surface area contributed by atoms with E-state index in [1.807, 2.05) is 24.3 Å². The van der Waals surface area contributed by atoms with Crippen molar-refractivity contribution < 1.29 is 4.42 Å². The Labute approximate surface area is 98.5 Å². The predicted molar refractivity (Wildman–Crippen MR) is 64.2 cm³/mol. The van der Waals surface area contributed by atoms with Crippen LogP contribution in [0.4, 0.5) is 0 Å². The van der Waals surface area contributed by atoms with Gasteiger partial charge in [-0.2, -0.15) is 5.26 Å². The first-order valence-electron chi connectivity index (χ1n) is 5.22. The number of nitrogens with zero attached hydrogens (tertiary/aromatic N) is 2. The Balaban J connectivity index is 2.18. The minimum Gasteiger partial charge on any atom is -0.431 e. The summed E-state index contributed by atoms with van der Waals surface area (Å²) in [6.07, 6.45) is 1.47. The van der Waals surface area contributed by atoms with Crippen molar-refractivity contribution in [1.29, 1.82) is 5.26 Å². The molecule has 82 valence electrons. The SMILES string of the molecule is CCC(CC#N)Sc1nc2ccccc2o1. The standard InChI is InChI=1S/C12H12N2OS/c1-2-9(7-8-13)16-12-14-10-5-3-4-6-11(10)15-12/h3-6,9H,2,7H2,1H3. The number of thioether (sulfide) groups is 1. The third-order valence-corrected chi connectivity index (χ3v) is 3.53. The molecule has 0 aliphatic rings. The smallest absolute Gasteiger partial charge is 0.257 e. The van der Waals surface area contributed by atoms with Crippen molar-refractivity contribution in [2.75, 3.05) is 0 Å². The minimum atomic E-state index is 0.262. The van der Waals surface area contributed by atoms with Crippen molar-refractivity contribution in [1.82, 2.24) is 4.98 Å². The second kappa shape index (κ2) is 5.04. The average Bonchev–Trinajstić information content (AvgIpc) is 2.70. The molecular formula is C12H12N2OS. The zero-order chi connectivity index (χ0) is 11.4. The van der Waals surface area contributed by atoms with E-state index in [4.69, 9.17) is 9.68 Å². The van der Waals surface area contributed by atoms with Crippen LogP contribution in [0.1, 0.15) is 19.8 Å². The third kappa shape index (κ3) is 2.37. The first-order chi connectivity index (χ1) is 7.83. The van der Waals surface area contributed by atoms with Gasteiger partial charge in [0.05, 0.1) is 6.07 Å². The Hall–Kier alpha value is -1.47. The molecule has 0 radical (unpaired) electrons. The fourth-order valence-electron chi connectivity index (χ4n) is 1.42. The maximum absolute atomic E-state index is 8.67. The van der Waals surface area contributed by atoms with Gasteiger partial charge in [-0.3, -0.25) is 0 Å². The van der Waals surface area contributed by atoms with Crippen LogP contribution in [0.15, 0.2) is 33.9 Å². The van der Waals surface area contributed by atoms with Crippen LogP contribution in [0.3, 0.4) is 0 Å². The monoisotopic (exact) mass is 232 g/mol. The largest absolute Gasteiger partial charge is 0.431 e. The third-order valence-electron chi connectivity index (χ3n) is 2.32. The summed E-state index contributed by atoms with van der Waals surface area (Å²) < 4.78 is 5.59. The van der Waals surface area contributed by atoms with Crippen LogP contribution in [0, 0.1) is 11.3 Å².